The van der Waals surface area contributed by atoms with Gasteiger partial charge in [-0.05, 0) is 12.1 Å². The quantitative estimate of drug-likeness (QED) is 0.656. The molecular weight excluding hydrogens is 252 g/mol. The Labute approximate surface area is 108 Å². The molecule has 2 rings (SSSR count). The van der Waals surface area contributed by atoms with Crippen LogP contribution in [-0.2, 0) is 11.4 Å². The van der Waals surface area contributed by atoms with Gasteiger partial charge in [0.25, 0.3) is 0 Å². The van der Waals surface area contributed by atoms with E-state index in [2.05, 4.69) is 5.43 Å². The molecule has 6 heteroatoms. The fraction of sp³-hybridized carbons (Fsp3) is 0.167. The molecule has 2 aromatic rings. The minimum atomic E-state index is -2.32. The average molecular weight is 266 g/mol. The first-order valence-corrected chi connectivity index (χ1v) is 6.36. The van der Waals surface area contributed by atoms with Gasteiger partial charge in [-0.3, -0.25) is 4.55 Å². The summed E-state index contributed by atoms with van der Waals surface area (Å²) in [4.78, 5) is 0. The van der Waals surface area contributed by atoms with Crippen LogP contribution in [0, 0.1) is 0 Å². The number of anilines is 1. The van der Waals surface area contributed by atoms with Crippen LogP contribution in [0.1, 0.15) is 0 Å². The van der Waals surface area contributed by atoms with E-state index in [9.17, 15) is 4.21 Å². The summed E-state index contributed by atoms with van der Waals surface area (Å²) >= 11 is -2.32. The SMILES string of the molecule is CN(C)Nc1cccc2c(OS(=O)O)cccc12. The summed E-state index contributed by atoms with van der Waals surface area (Å²) in [6.45, 7) is 0. The molecule has 2 aromatic carbocycles. The normalized spacial score (nSPS) is 12.7. The van der Waals surface area contributed by atoms with Crippen LogP contribution in [0.25, 0.3) is 10.8 Å². The molecule has 1 atom stereocenters. The molecule has 0 heterocycles. The third kappa shape index (κ3) is 2.79. The zero-order valence-corrected chi connectivity index (χ0v) is 10.9. The highest BCUT2D eigenvalue weighted by Crippen LogP contribution is 2.31. The van der Waals surface area contributed by atoms with Gasteiger partial charge in [0.15, 0.2) is 5.75 Å². The number of fused-ring (bicyclic) bond motifs is 1. The fourth-order valence-corrected chi connectivity index (χ4v) is 2.07. The first-order chi connectivity index (χ1) is 8.58. The molecule has 0 spiro atoms. The average Bonchev–Trinajstić information content (AvgIpc) is 2.29. The highest BCUT2D eigenvalue weighted by Gasteiger charge is 2.08. The van der Waals surface area contributed by atoms with E-state index in [4.69, 9.17) is 8.74 Å². The van der Waals surface area contributed by atoms with Crippen LogP contribution in [0.2, 0.25) is 0 Å². The molecule has 0 aliphatic heterocycles. The second-order valence-corrected chi connectivity index (χ2v) is 4.56. The Morgan fingerprint density at radius 2 is 1.83 bits per heavy atom. The van der Waals surface area contributed by atoms with Crippen molar-refractivity contribution in [3.05, 3.63) is 36.4 Å². The molecular formula is C12H14N2O3S. The maximum absolute atomic E-state index is 10.7. The van der Waals surface area contributed by atoms with Crippen LogP contribution in [-0.4, -0.2) is 27.9 Å². The number of hydrogen-bond acceptors (Lipinski definition) is 4. The highest BCUT2D eigenvalue weighted by molar-refractivity contribution is 7.74. The van der Waals surface area contributed by atoms with E-state index in [0.717, 1.165) is 16.5 Å². The van der Waals surface area contributed by atoms with Gasteiger partial charge in [-0.25, -0.2) is 5.01 Å². The molecule has 96 valence electrons. The summed E-state index contributed by atoms with van der Waals surface area (Å²) < 4.78 is 24.4. The lowest BCUT2D eigenvalue weighted by atomic mass is 10.1. The number of nitrogens with one attached hydrogen (secondary N) is 1. The number of rotatable bonds is 4. The van der Waals surface area contributed by atoms with Crippen LogP contribution >= 0.6 is 0 Å². The maximum Gasteiger partial charge on any atom is 0.357 e. The Morgan fingerprint density at radius 3 is 2.50 bits per heavy atom. The Bertz CT molecular complexity index is 587. The lowest BCUT2D eigenvalue weighted by Gasteiger charge is -2.16. The van der Waals surface area contributed by atoms with Crippen molar-refractivity contribution in [3.63, 3.8) is 0 Å². The summed E-state index contributed by atoms with van der Waals surface area (Å²) in [6.07, 6.45) is 0. The van der Waals surface area contributed by atoms with Crippen molar-refractivity contribution < 1.29 is 12.9 Å². The Balaban J connectivity index is 2.54. The molecule has 0 bridgehead atoms. The van der Waals surface area contributed by atoms with Crippen LogP contribution < -0.4 is 9.61 Å². The molecule has 5 nitrogen and oxygen atoms in total. The van der Waals surface area contributed by atoms with Crippen molar-refractivity contribution in [1.29, 1.82) is 0 Å². The lowest BCUT2D eigenvalue weighted by molar-refractivity contribution is 0.460. The van der Waals surface area contributed by atoms with Crippen molar-refractivity contribution >= 4 is 27.8 Å². The predicted octanol–water partition coefficient (Wildman–Crippen LogP) is 2.24. The molecule has 2 N–H and O–H groups in total. The molecule has 0 aromatic heterocycles. The Hall–Kier alpha value is -1.63. The van der Waals surface area contributed by atoms with Gasteiger partial charge in [-0.2, -0.15) is 4.21 Å². The molecule has 0 fully saturated rings. The smallest absolute Gasteiger partial charge is 0.357 e. The summed E-state index contributed by atoms with van der Waals surface area (Å²) in [5.74, 6) is 0.385. The molecule has 1 unspecified atom stereocenters. The third-order valence-corrected chi connectivity index (χ3v) is 2.71. The van der Waals surface area contributed by atoms with Crippen LogP contribution in [0.3, 0.4) is 0 Å². The Morgan fingerprint density at radius 1 is 1.17 bits per heavy atom. The molecule has 0 saturated carbocycles. The van der Waals surface area contributed by atoms with Crippen molar-refractivity contribution in [2.24, 2.45) is 0 Å². The molecule has 0 amide bonds. The van der Waals surface area contributed by atoms with E-state index in [1.807, 2.05) is 43.4 Å². The molecule has 0 aliphatic rings. The first-order valence-electron chi connectivity index (χ1n) is 5.33. The largest absolute Gasteiger partial charge is 0.379 e. The van der Waals surface area contributed by atoms with Crippen LogP contribution in [0.4, 0.5) is 5.69 Å². The monoisotopic (exact) mass is 266 g/mol. The number of hydrogen-bond donors (Lipinski definition) is 2. The fourth-order valence-electron chi connectivity index (χ4n) is 1.77. The second kappa shape index (κ2) is 5.34. The van der Waals surface area contributed by atoms with Crippen LogP contribution in [0.15, 0.2) is 36.4 Å². The van der Waals surface area contributed by atoms with E-state index in [-0.39, 0.29) is 0 Å². The molecule has 0 radical (unpaired) electrons. The molecule has 0 aliphatic carbocycles. The summed E-state index contributed by atoms with van der Waals surface area (Å²) in [7, 11) is 3.78. The van der Waals surface area contributed by atoms with Gasteiger partial charge in [-0.1, -0.05) is 24.3 Å². The van der Waals surface area contributed by atoms with E-state index in [0.29, 0.717) is 5.75 Å². The first kappa shape index (κ1) is 12.8. The van der Waals surface area contributed by atoms with Gasteiger partial charge in [0.2, 0.25) is 0 Å². The highest BCUT2D eigenvalue weighted by atomic mass is 32.2. The predicted molar refractivity (Wildman–Crippen MR) is 72.7 cm³/mol. The van der Waals surface area contributed by atoms with Crippen LogP contribution in [0.5, 0.6) is 5.75 Å². The maximum atomic E-state index is 10.7. The van der Waals surface area contributed by atoms with Gasteiger partial charge in [0.05, 0.1) is 5.69 Å². The third-order valence-electron chi connectivity index (χ3n) is 2.39. The lowest BCUT2D eigenvalue weighted by Crippen LogP contribution is -2.19. The van der Waals surface area contributed by atoms with Crippen molar-refractivity contribution in [1.82, 2.24) is 5.01 Å². The second-order valence-electron chi connectivity index (χ2n) is 3.96. The van der Waals surface area contributed by atoms with Gasteiger partial charge < -0.3 is 9.61 Å². The number of benzene rings is 2. The van der Waals surface area contributed by atoms with Gasteiger partial charge in [0, 0.05) is 24.9 Å². The zero-order valence-electron chi connectivity index (χ0n) is 10.1. The topological polar surface area (TPSA) is 61.8 Å². The number of nitrogens with zero attached hydrogens (tertiary/aromatic N) is 1. The van der Waals surface area contributed by atoms with Gasteiger partial charge >= 0.3 is 11.4 Å². The summed E-state index contributed by atoms with van der Waals surface area (Å²) in [6, 6.07) is 11.0. The minimum absolute atomic E-state index is 0.385. The summed E-state index contributed by atoms with van der Waals surface area (Å²) in [5.41, 5.74) is 4.08. The number of hydrazine groups is 1. The van der Waals surface area contributed by atoms with Gasteiger partial charge in [-0.15, -0.1) is 0 Å². The van der Waals surface area contributed by atoms with E-state index in [1.165, 1.54) is 0 Å². The minimum Gasteiger partial charge on any atom is -0.379 e. The van der Waals surface area contributed by atoms with Crippen molar-refractivity contribution in [3.8, 4) is 5.75 Å². The summed E-state index contributed by atoms with van der Waals surface area (Å²) in [5, 5.41) is 3.54. The van der Waals surface area contributed by atoms with E-state index < -0.39 is 11.4 Å². The molecule has 18 heavy (non-hydrogen) atoms. The van der Waals surface area contributed by atoms with E-state index in [1.54, 1.807) is 12.1 Å². The van der Waals surface area contributed by atoms with Crippen molar-refractivity contribution in [2.45, 2.75) is 0 Å². The van der Waals surface area contributed by atoms with Gasteiger partial charge in [0.1, 0.15) is 0 Å². The molecule has 0 saturated heterocycles. The zero-order chi connectivity index (χ0) is 13.1. The Kier molecular flexibility index (Phi) is 3.81. The van der Waals surface area contributed by atoms with Crippen molar-refractivity contribution in [2.75, 3.05) is 19.5 Å². The van der Waals surface area contributed by atoms with E-state index >= 15 is 0 Å². The standard InChI is InChI=1S/C12H14N2O3S/c1-14(2)13-11-7-3-6-10-9(11)5-4-8-12(10)17-18(15)16/h3-8,13H,1-2H3,(H,15,16).